The zero-order chi connectivity index (χ0) is 28.0. The Hall–Kier alpha value is -2.42. The number of hydrogen-bond acceptors (Lipinski definition) is 4. The molecule has 6 nitrogen and oxygen atoms in total. The number of hydrogen-bond donors (Lipinski definition) is 1. The number of likely N-dealkylation sites (N-methyl/N-ethyl adjacent to an activating group) is 1. The molecule has 1 amide bonds. The second-order valence-corrected chi connectivity index (χ2v) is 12.9. The Balaban J connectivity index is 1.47. The highest BCUT2D eigenvalue weighted by molar-refractivity contribution is 7.88. The number of nitrogens with zero attached hydrogens (tertiary/aromatic N) is 2. The minimum atomic E-state index is -3.39. The first-order chi connectivity index (χ1) is 18.6. The summed E-state index contributed by atoms with van der Waals surface area (Å²) in [6.45, 7) is 2.85. The van der Waals surface area contributed by atoms with Crippen molar-refractivity contribution in [1.29, 1.82) is 0 Å². The van der Waals surface area contributed by atoms with Gasteiger partial charge in [-0.15, -0.1) is 0 Å². The van der Waals surface area contributed by atoms with Crippen LogP contribution in [0.25, 0.3) is 0 Å². The van der Waals surface area contributed by atoms with Crippen molar-refractivity contribution in [2.75, 3.05) is 39.5 Å². The maximum atomic E-state index is 13.1. The van der Waals surface area contributed by atoms with E-state index in [0.717, 1.165) is 37.2 Å². The summed E-state index contributed by atoms with van der Waals surface area (Å²) in [4.78, 5) is 17.2. The van der Waals surface area contributed by atoms with E-state index in [9.17, 15) is 13.2 Å². The topological polar surface area (TPSA) is 69.7 Å². The third kappa shape index (κ3) is 7.83. The van der Waals surface area contributed by atoms with Gasteiger partial charge in [-0.25, -0.2) is 13.1 Å². The Morgan fingerprint density at radius 3 is 2.18 bits per heavy atom. The van der Waals surface area contributed by atoms with E-state index in [2.05, 4.69) is 9.62 Å². The molecule has 0 bridgehead atoms. The maximum absolute atomic E-state index is 13.1. The Morgan fingerprint density at radius 1 is 0.974 bits per heavy atom. The van der Waals surface area contributed by atoms with Crippen LogP contribution in [0, 0.1) is 0 Å². The van der Waals surface area contributed by atoms with Crippen molar-refractivity contribution in [2.24, 2.45) is 0 Å². The number of rotatable bonds is 10. The fourth-order valence-corrected chi connectivity index (χ4v) is 6.74. The van der Waals surface area contributed by atoms with Crippen molar-refractivity contribution in [2.45, 2.75) is 30.7 Å². The molecule has 4 rings (SSSR count). The summed E-state index contributed by atoms with van der Waals surface area (Å²) in [6, 6.07) is 24.8. The van der Waals surface area contributed by atoms with Crippen molar-refractivity contribution < 1.29 is 13.2 Å². The molecule has 39 heavy (non-hydrogen) atoms. The van der Waals surface area contributed by atoms with Crippen molar-refractivity contribution >= 4 is 39.1 Å². The third-order valence-electron chi connectivity index (χ3n) is 7.49. The zero-order valence-electron chi connectivity index (χ0n) is 22.3. The highest BCUT2D eigenvalue weighted by Gasteiger charge is 2.38. The molecule has 0 spiro atoms. The van der Waals surface area contributed by atoms with Gasteiger partial charge in [0.1, 0.15) is 0 Å². The number of nitrogens with one attached hydrogen (secondary N) is 1. The van der Waals surface area contributed by atoms with Crippen molar-refractivity contribution in [1.82, 2.24) is 14.5 Å². The van der Waals surface area contributed by atoms with Gasteiger partial charge in [0.25, 0.3) is 5.91 Å². The van der Waals surface area contributed by atoms with Crippen LogP contribution in [-0.4, -0.2) is 63.6 Å². The number of benzene rings is 3. The Kier molecular flexibility index (Phi) is 9.73. The first kappa shape index (κ1) is 29.6. The largest absolute Gasteiger partial charge is 0.341 e. The highest BCUT2D eigenvalue weighted by atomic mass is 35.5. The van der Waals surface area contributed by atoms with Crippen LogP contribution in [0.2, 0.25) is 10.0 Å². The van der Waals surface area contributed by atoms with E-state index < -0.39 is 15.6 Å². The van der Waals surface area contributed by atoms with Crippen LogP contribution in [0.4, 0.5) is 0 Å². The molecule has 0 aromatic heterocycles. The molecular weight excluding hydrogens is 553 g/mol. The number of carbonyl (C=O) groups is 1. The summed E-state index contributed by atoms with van der Waals surface area (Å²) in [5, 5.41) is 0.994. The molecule has 0 aliphatic carbocycles. The summed E-state index contributed by atoms with van der Waals surface area (Å²) in [5.74, 6) is 0.0190. The minimum absolute atomic E-state index is 0.0295. The van der Waals surface area contributed by atoms with Gasteiger partial charge in [0.2, 0.25) is 10.0 Å². The van der Waals surface area contributed by atoms with Crippen LogP contribution >= 0.6 is 23.2 Å². The first-order valence-electron chi connectivity index (χ1n) is 13.1. The predicted octanol–water partition coefficient (Wildman–Crippen LogP) is 5.78. The number of piperidine rings is 1. The van der Waals surface area contributed by atoms with Crippen molar-refractivity contribution in [3.05, 3.63) is 106 Å². The van der Waals surface area contributed by atoms with E-state index in [4.69, 9.17) is 23.2 Å². The lowest BCUT2D eigenvalue weighted by atomic mass is 9.81. The van der Waals surface area contributed by atoms with Gasteiger partial charge < -0.3 is 9.80 Å². The molecule has 208 valence electrons. The standard InChI is InChI=1S/C30H35Cl2N3O3S/c1-34(29(36)23-9-5-3-6-10-23)22-25(24-13-14-27(31)28(32)21-24)15-18-35-19-16-30(17-20-35,33-39(2,37)38)26-11-7-4-8-12-26/h3-14,21,25,33H,15-20,22H2,1-2H3. The van der Waals surface area contributed by atoms with E-state index in [1.807, 2.05) is 79.8 Å². The minimum Gasteiger partial charge on any atom is -0.341 e. The first-order valence-corrected chi connectivity index (χ1v) is 15.7. The molecule has 1 N–H and O–H groups in total. The SMILES string of the molecule is CN(CC(CCN1CCC(NS(C)(=O)=O)(c2ccccc2)CC1)c1ccc(Cl)c(Cl)c1)C(=O)c1ccccc1. The van der Waals surface area contributed by atoms with Crippen LogP contribution in [0.3, 0.4) is 0 Å². The monoisotopic (exact) mass is 587 g/mol. The van der Waals surface area contributed by atoms with Crippen LogP contribution in [0.15, 0.2) is 78.9 Å². The molecule has 1 atom stereocenters. The maximum Gasteiger partial charge on any atom is 0.253 e. The molecule has 3 aromatic rings. The van der Waals surface area contributed by atoms with E-state index in [1.54, 1.807) is 11.0 Å². The molecule has 1 unspecified atom stereocenters. The third-order valence-corrected chi connectivity index (χ3v) is 8.99. The number of carbonyl (C=O) groups excluding carboxylic acids is 1. The van der Waals surface area contributed by atoms with Crippen LogP contribution in [-0.2, 0) is 15.6 Å². The number of sulfonamides is 1. The summed E-state index contributed by atoms with van der Waals surface area (Å²) in [6.07, 6.45) is 3.38. The zero-order valence-corrected chi connectivity index (χ0v) is 24.6. The van der Waals surface area contributed by atoms with Gasteiger partial charge in [0.05, 0.1) is 21.8 Å². The van der Waals surface area contributed by atoms with Crippen LogP contribution in [0.1, 0.15) is 46.7 Å². The fraction of sp³-hybridized carbons (Fsp3) is 0.367. The summed E-state index contributed by atoms with van der Waals surface area (Å²) < 4.78 is 27.5. The van der Waals surface area contributed by atoms with Gasteiger partial charge in [-0.05, 0) is 61.2 Å². The highest BCUT2D eigenvalue weighted by Crippen LogP contribution is 2.35. The van der Waals surface area contributed by atoms with Crippen LogP contribution in [0.5, 0.6) is 0 Å². The van der Waals surface area contributed by atoms with E-state index >= 15 is 0 Å². The lowest BCUT2D eigenvalue weighted by Gasteiger charge is -2.42. The molecule has 1 heterocycles. The van der Waals surface area contributed by atoms with Gasteiger partial charge in [-0.3, -0.25) is 4.79 Å². The van der Waals surface area contributed by atoms with Gasteiger partial charge >= 0.3 is 0 Å². The number of likely N-dealkylation sites (tertiary alicyclic amines) is 1. The van der Waals surface area contributed by atoms with E-state index in [1.165, 1.54) is 6.26 Å². The molecule has 0 saturated carbocycles. The number of halogens is 2. The molecule has 1 saturated heterocycles. The normalized spacial score (nSPS) is 16.5. The summed E-state index contributed by atoms with van der Waals surface area (Å²) in [7, 11) is -1.57. The second kappa shape index (κ2) is 12.8. The number of amides is 1. The van der Waals surface area contributed by atoms with E-state index in [-0.39, 0.29) is 11.8 Å². The predicted molar refractivity (Wildman–Crippen MR) is 159 cm³/mol. The summed E-state index contributed by atoms with van der Waals surface area (Å²) >= 11 is 12.6. The Morgan fingerprint density at radius 2 is 1.59 bits per heavy atom. The van der Waals surface area contributed by atoms with Gasteiger partial charge in [-0.2, -0.15) is 0 Å². The molecule has 3 aromatic carbocycles. The molecule has 1 aliphatic heterocycles. The smallest absolute Gasteiger partial charge is 0.253 e. The Labute approximate surface area is 242 Å². The lowest BCUT2D eigenvalue weighted by molar-refractivity contribution is 0.0779. The van der Waals surface area contributed by atoms with Crippen molar-refractivity contribution in [3.63, 3.8) is 0 Å². The molecule has 0 radical (unpaired) electrons. The average molecular weight is 589 g/mol. The van der Waals surface area contributed by atoms with Crippen molar-refractivity contribution in [3.8, 4) is 0 Å². The quantitative estimate of drug-likeness (QED) is 0.326. The van der Waals surface area contributed by atoms with Gasteiger partial charge in [-0.1, -0.05) is 77.8 Å². The van der Waals surface area contributed by atoms with E-state index in [0.29, 0.717) is 35.0 Å². The van der Waals surface area contributed by atoms with Crippen LogP contribution < -0.4 is 4.72 Å². The molecule has 1 fully saturated rings. The lowest BCUT2D eigenvalue weighted by Crippen LogP contribution is -2.53. The van der Waals surface area contributed by atoms with Gasteiger partial charge in [0, 0.05) is 38.2 Å². The fourth-order valence-electron chi connectivity index (χ4n) is 5.40. The summed E-state index contributed by atoms with van der Waals surface area (Å²) in [5.41, 5.74) is 2.06. The van der Waals surface area contributed by atoms with Gasteiger partial charge in [0.15, 0.2) is 0 Å². The molecule has 9 heteroatoms. The second-order valence-electron chi connectivity index (χ2n) is 10.4. The molecule has 1 aliphatic rings. The Bertz CT molecular complexity index is 1360. The average Bonchev–Trinajstić information content (AvgIpc) is 2.93. The molecular formula is C30H35Cl2N3O3S.